The van der Waals surface area contributed by atoms with E-state index in [0.717, 1.165) is 15.4 Å². The van der Waals surface area contributed by atoms with Gasteiger partial charge >= 0.3 is 0 Å². The highest BCUT2D eigenvalue weighted by Crippen LogP contribution is 2.23. The van der Waals surface area contributed by atoms with Crippen LogP contribution in [0, 0.1) is 0 Å². The van der Waals surface area contributed by atoms with E-state index in [2.05, 4.69) is 32.8 Å². The van der Waals surface area contributed by atoms with E-state index in [1.54, 1.807) is 25.1 Å². The largest absolute Gasteiger partial charge is 0.480 e. The minimum absolute atomic E-state index is 0.584. The molecule has 3 nitrogen and oxygen atoms in total. The number of halogens is 1. The van der Waals surface area contributed by atoms with Crippen LogP contribution in [0.15, 0.2) is 15.8 Å². The lowest BCUT2D eigenvalue weighted by molar-refractivity contribution is 0.389. The maximum absolute atomic E-state index is 5.02. The number of hydrogen-bond acceptors (Lipinski definition) is 4. The summed E-state index contributed by atoms with van der Waals surface area (Å²) >= 11 is 4.87. The van der Waals surface area contributed by atoms with Crippen molar-refractivity contribution in [3.63, 3.8) is 0 Å². The van der Waals surface area contributed by atoms with Crippen molar-refractivity contribution in [1.29, 1.82) is 0 Å². The summed E-state index contributed by atoms with van der Waals surface area (Å²) in [5.41, 5.74) is 0. The van der Waals surface area contributed by atoms with Gasteiger partial charge in [0.2, 0.25) is 5.88 Å². The second-order valence-corrected chi connectivity index (χ2v) is 4.03. The van der Waals surface area contributed by atoms with E-state index in [4.69, 9.17) is 4.74 Å². The Morgan fingerprint density at radius 1 is 1.67 bits per heavy atom. The summed E-state index contributed by atoms with van der Waals surface area (Å²) in [5.74, 6) is 1.55. The van der Waals surface area contributed by atoms with Crippen LogP contribution in [-0.4, -0.2) is 22.8 Å². The van der Waals surface area contributed by atoms with Gasteiger partial charge in [-0.3, -0.25) is 0 Å². The van der Waals surface area contributed by atoms with Gasteiger partial charge in [-0.15, -0.1) is 0 Å². The molecule has 0 atom stereocenters. The van der Waals surface area contributed by atoms with E-state index < -0.39 is 0 Å². The van der Waals surface area contributed by atoms with Gasteiger partial charge in [0.25, 0.3) is 0 Å². The Labute approximate surface area is 84.1 Å². The summed E-state index contributed by atoms with van der Waals surface area (Å²) < 4.78 is 5.80. The third kappa shape index (κ3) is 2.35. The molecule has 0 radical (unpaired) electrons. The topological polar surface area (TPSA) is 35.0 Å². The van der Waals surface area contributed by atoms with Gasteiger partial charge in [-0.2, -0.15) is 4.98 Å². The molecular weight excluding hydrogens is 240 g/mol. The lowest BCUT2D eigenvalue weighted by Gasteiger charge is -2.02. The number of nitrogens with zero attached hydrogens (tertiary/aromatic N) is 2. The summed E-state index contributed by atoms with van der Waals surface area (Å²) in [7, 11) is 1.59. The summed E-state index contributed by atoms with van der Waals surface area (Å²) in [5, 5.41) is 0.748. The molecule has 0 aliphatic heterocycles. The van der Waals surface area contributed by atoms with Gasteiger partial charge < -0.3 is 4.74 Å². The van der Waals surface area contributed by atoms with E-state index >= 15 is 0 Å². The van der Waals surface area contributed by atoms with E-state index in [1.807, 2.05) is 0 Å². The van der Waals surface area contributed by atoms with Gasteiger partial charge in [0.1, 0.15) is 0 Å². The van der Waals surface area contributed by atoms with Gasteiger partial charge in [0.15, 0.2) is 5.16 Å². The van der Waals surface area contributed by atoms with Crippen molar-refractivity contribution in [1.82, 2.24) is 9.97 Å². The normalized spacial score (nSPS) is 9.92. The monoisotopic (exact) mass is 248 g/mol. The minimum Gasteiger partial charge on any atom is -0.480 e. The lowest BCUT2D eigenvalue weighted by atomic mass is 10.6. The van der Waals surface area contributed by atoms with Crippen molar-refractivity contribution in [2.75, 3.05) is 12.9 Å². The molecule has 0 aliphatic carbocycles. The molecule has 0 fully saturated rings. The van der Waals surface area contributed by atoms with Crippen LogP contribution in [0.2, 0.25) is 0 Å². The average Bonchev–Trinajstić information content (AvgIpc) is 2.09. The van der Waals surface area contributed by atoms with E-state index in [9.17, 15) is 0 Å². The second-order valence-electron chi connectivity index (χ2n) is 1.94. The van der Waals surface area contributed by atoms with E-state index in [0.29, 0.717) is 5.88 Å². The van der Waals surface area contributed by atoms with Gasteiger partial charge in [-0.1, -0.05) is 18.7 Å². The van der Waals surface area contributed by atoms with Crippen LogP contribution in [0.25, 0.3) is 0 Å². The molecule has 0 saturated carbocycles. The summed E-state index contributed by atoms with van der Waals surface area (Å²) in [6, 6.07) is 0. The highest BCUT2D eigenvalue weighted by molar-refractivity contribution is 9.10. The van der Waals surface area contributed by atoms with Crippen LogP contribution >= 0.6 is 27.7 Å². The molecule has 1 heterocycles. The van der Waals surface area contributed by atoms with E-state index in [1.165, 1.54) is 0 Å². The number of hydrogen-bond donors (Lipinski definition) is 0. The first-order valence-electron chi connectivity index (χ1n) is 3.47. The van der Waals surface area contributed by atoms with Crippen molar-refractivity contribution in [3.8, 4) is 5.88 Å². The lowest BCUT2D eigenvalue weighted by Crippen LogP contribution is -1.93. The molecule has 66 valence electrons. The Bertz CT molecular complexity index is 270. The Kier molecular flexibility index (Phi) is 3.81. The first-order valence-corrected chi connectivity index (χ1v) is 5.25. The van der Waals surface area contributed by atoms with Crippen LogP contribution < -0.4 is 4.74 Å². The third-order valence-electron chi connectivity index (χ3n) is 1.16. The molecule has 0 unspecified atom stereocenters. The molecule has 1 aromatic heterocycles. The van der Waals surface area contributed by atoms with Crippen molar-refractivity contribution < 1.29 is 4.74 Å². The number of ether oxygens (including phenoxy) is 1. The Balaban J connectivity index is 2.89. The maximum Gasteiger partial charge on any atom is 0.231 e. The van der Waals surface area contributed by atoms with Crippen LogP contribution in [0.3, 0.4) is 0 Å². The predicted octanol–water partition coefficient (Wildman–Crippen LogP) is 2.36. The zero-order valence-electron chi connectivity index (χ0n) is 6.87. The highest BCUT2D eigenvalue weighted by Gasteiger charge is 2.03. The van der Waals surface area contributed by atoms with Crippen LogP contribution in [0.5, 0.6) is 5.88 Å². The van der Waals surface area contributed by atoms with Crippen LogP contribution in [0.4, 0.5) is 0 Å². The molecule has 0 amide bonds. The predicted molar refractivity (Wildman–Crippen MR) is 52.7 cm³/mol. The minimum atomic E-state index is 0.584. The zero-order chi connectivity index (χ0) is 8.97. The fraction of sp³-hybridized carbons (Fsp3) is 0.429. The quantitative estimate of drug-likeness (QED) is 0.608. The molecule has 0 N–H and O–H groups in total. The molecule has 0 saturated heterocycles. The standard InChI is InChI=1S/C7H9BrN2OS/c1-3-12-7-9-4-5(8)6(10-7)11-2/h4H,3H2,1-2H3. The SMILES string of the molecule is CCSc1ncc(Br)c(OC)n1. The molecule has 0 spiro atoms. The number of methoxy groups -OCH3 is 1. The van der Waals surface area contributed by atoms with Gasteiger partial charge in [0.05, 0.1) is 11.6 Å². The molecule has 0 aromatic carbocycles. The van der Waals surface area contributed by atoms with Crippen molar-refractivity contribution in [2.45, 2.75) is 12.1 Å². The van der Waals surface area contributed by atoms with Crippen LogP contribution in [0.1, 0.15) is 6.92 Å². The Morgan fingerprint density at radius 3 is 3.00 bits per heavy atom. The smallest absolute Gasteiger partial charge is 0.231 e. The first kappa shape index (κ1) is 9.80. The number of aromatic nitrogens is 2. The zero-order valence-corrected chi connectivity index (χ0v) is 9.28. The fourth-order valence-corrected chi connectivity index (χ4v) is 1.56. The molecule has 1 rings (SSSR count). The van der Waals surface area contributed by atoms with Crippen molar-refractivity contribution in [3.05, 3.63) is 10.7 Å². The van der Waals surface area contributed by atoms with Gasteiger partial charge in [-0.05, 0) is 21.7 Å². The molecular formula is C7H9BrN2OS. The molecule has 0 aliphatic rings. The van der Waals surface area contributed by atoms with Gasteiger partial charge in [-0.25, -0.2) is 4.98 Å². The van der Waals surface area contributed by atoms with Crippen LogP contribution in [-0.2, 0) is 0 Å². The third-order valence-corrected chi connectivity index (χ3v) is 2.44. The fourth-order valence-electron chi connectivity index (χ4n) is 0.678. The summed E-state index contributed by atoms with van der Waals surface area (Å²) in [6.45, 7) is 2.06. The first-order chi connectivity index (χ1) is 5.77. The molecule has 1 aromatic rings. The highest BCUT2D eigenvalue weighted by atomic mass is 79.9. The Morgan fingerprint density at radius 2 is 2.42 bits per heavy atom. The van der Waals surface area contributed by atoms with E-state index in [-0.39, 0.29) is 0 Å². The van der Waals surface area contributed by atoms with Crippen molar-refractivity contribution in [2.24, 2.45) is 0 Å². The molecule has 12 heavy (non-hydrogen) atoms. The Hall–Kier alpha value is -0.290. The molecule has 5 heteroatoms. The van der Waals surface area contributed by atoms with Crippen molar-refractivity contribution >= 4 is 27.7 Å². The maximum atomic E-state index is 5.02. The number of thioether (sulfide) groups is 1. The number of rotatable bonds is 3. The summed E-state index contributed by atoms with van der Waals surface area (Å²) in [4.78, 5) is 8.26. The summed E-state index contributed by atoms with van der Waals surface area (Å²) in [6.07, 6.45) is 1.70. The average molecular weight is 249 g/mol. The van der Waals surface area contributed by atoms with Gasteiger partial charge in [0, 0.05) is 6.20 Å². The molecule has 0 bridgehead atoms. The second kappa shape index (κ2) is 4.67.